The van der Waals surface area contributed by atoms with Gasteiger partial charge in [-0.25, -0.2) is 4.98 Å². The molecule has 0 aliphatic carbocycles. The number of carbonyl (C=O) groups excluding carboxylic acids is 1. The average molecular weight is 367 g/mol. The molecular formula is C19H21N5OS. The third-order valence-electron chi connectivity index (χ3n) is 4.71. The molecule has 4 rings (SSSR count). The van der Waals surface area contributed by atoms with Crippen LogP contribution in [-0.2, 0) is 25.8 Å². The third-order valence-corrected chi connectivity index (χ3v) is 5.48. The number of nitrogens with zero attached hydrogens (tertiary/aromatic N) is 5. The van der Waals surface area contributed by atoms with Crippen molar-refractivity contribution in [1.82, 2.24) is 24.6 Å². The van der Waals surface area contributed by atoms with E-state index in [1.807, 2.05) is 23.3 Å². The van der Waals surface area contributed by atoms with Gasteiger partial charge in [0.15, 0.2) is 0 Å². The van der Waals surface area contributed by atoms with Crippen molar-refractivity contribution in [2.24, 2.45) is 0 Å². The first kappa shape index (κ1) is 16.9. The highest BCUT2D eigenvalue weighted by Crippen LogP contribution is 2.15. The maximum absolute atomic E-state index is 12.7. The molecule has 0 saturated carbocycles. The zero-order chi connectivity index (χ0) is 17.9. The fourth-order valence-corrected chi connectivity index (χ4v) is 3.88. The molecule has 0 spiro atoms. The van der Waals surface area contributed by atoms with Crippen molar-refractivity contribution in [1.29, 1.82) is 0 Å². The molecule has 0 bridgehead atoms. The van der Waals surface area contributed by atoms with Crippen molar-refractivity contribution in [3.8, 4) is 0 Å². The number of carbonyl (C=O) groups is 1. The van der Waals surface area contributed by atoms with Crippen molar-refractivity contribution in [3.05, 3.63) is 63.6 Å². The van der Waals surface area contributed by atoms with Crippen LogP contribution in [0.4, 0.5) is 0 Å². The predicted molar refractivity (Wildman–Crippen MR) is 100 cm³/mol. The van der Waals surface area contributed by atoms with Crippen LogP contribution in [0.3, 0.4) is 0 Å². The van der Waals surface area contributed by atoms with E-state index < -0.39 is 0 Å². The third kappa shape index (κ3) is 3.53. The molecule has 1 aliphatic heterocycles. The summed E-state index contributed by atoms with van der Waals surface area (Å²) >= 11 is 1.51. The highest BCUT2D eigenvalue weighted by Gasteiger charge is 2.23. The quantitative estimate of drug-likeness (QED) is 0.711. The molecule has 26 heavy (non-hydrogen) atoms. The summed E-state index contributed by atoms with van der Waals surface area (Å²) in [5.74, 6) is 1.99. The number of hydrogen-bond acceptors (Lipinski definition) is 5. The number of benzene rings is 1. The van der Waals surface area contributed by atoms with Gasteiger partial charge in [0.25, 0.3) is 5.91 Å². The lowest BCUT2D eigenvalue weighted by atomic mass is 10.1. The zero-order valence-corrected chi connectivity index (χ0v) is 15.6. The van der Waals surface area contributed by atoms with Gasteiger partial charge in [0.2, 0.25) is 0 Å². The summed E-state index contributed by atoms with van der Waals surface area (Å²) in [6, 6.07) is 10.4. The summed E-state index contributed by atoms with van der Waals surface area (Å²) < 4.78 is 2.18. The first-order valence-corrected chi connectivity index (χ1v) is 9.75. The van der Waals surface area contributed by atoms with Crippen LogP contribution >= 0.6 is 11.3 Å². The molecule has 134 valence electrons. The van der Waals surface area contributed by atoms with Crippen LogP contribution in [0.5, 0.6) is 0 Å². The Morgan fingerprint density at radius 3 is 2.73 bits per heavy atom. The van der Waals surface area contributed by atoms with Crippen LogP contribution in [0.1, 0.15) is 32.7 Å². The number of aryl methyl sites for hydroxylation is 3. The van der Waals surface area contributed by atoms with Crippen molar-refractivity contribution in [2.75, 3.05) is 13.1 Å². The molecule has 0 radical (unpaired) electrons. The van der Waals surface area contributed by atoms with Gasteiger partial charge in [-0.05, 0) is 18.9 Å². The molecule has 2 aromatic heterocycles. The molecule has 0 N–H and O–H groups in total. The van der Waals surface area contributed by atoms with Gasteiger partial charge >= 0.3 is 0 Å². The molecule has 0 unspecified atom stereocenters. The van der Waals surface area contributed by atoms with Crippen LogP contribution in [0.2, 0.25) is 0 Å². The van der Waals surface area contributed by atoms with Gasteiger partial charge in [-0.15, -0.1) is 21.5 Å². The van der Waals surface area contributed by atoms with Crippen LogP contribution in [-0.4, -0.2) is 43.6 Å². The van der Waals surface area contributed by atoms with E-state index in [-0.39, 0.29) is 5.91 Å². The molecular weight excluding hydrogens is 346 g/mol. The van der Waals surface area contributed by atoms with E-state index in [0.717, 1.165) is 42.5 Å². The second-order valence-electron chi connectivity index (χ2n) is 6.46. The molecule has 6 nitrogen and oxygen atoms in total. The number of amides is 1. The Balaban J connectivity index is 1.43. The summed E-state index contributed by atoms with van der Waals surface area (Å²) in [5, 5.41) is 11.5. The Morgan fingerprint density at radius 1 is 1.12 bits per heavy atom. The van der Waals surface area contributed by atoms with Gasteiger partial charge in [-0.1, -0.05) is 30.3 Å². The lowest BCUT2D eigenvalue weighted by Gasteiger charge is -2.18. The Labute approximate surface area is 156 Å². The lowest BCUT2D eigenvalue weighted by Crippen LogP contribution is -2.34. The second-order valence-corrected chi connectivity index (χ2v) is 7.53. The van der Waals surface area contributed by atoms with Crippen molar-refractivity contribution in [2.45, 2.75) is 32.7 Å². The number of thiazole rings is 1. The minimum Gasteiger partial charge on any atom is -0.335 e. The highest BCUT2D eigenvalue weighted by molar-refractivity contribution is 7.09. The first-order valence-electron chi connectivity index (χ1n) is 8.87. The maximum atomic E-state index is 12.7. The van der Waals surface area contributed by atoms with E-state index in [0.29, 0.717) is 18.8 Å². The largest absolute Gasteiger partial charge is 0.335 e. The van der Waals surface area contributed by atoms with Gasteiger partial charge in [0.1, 0.15) is 17.3 Å². The molecule has 7 heteroatoms. The number of fused-ring (bicyclic) bond motifs is 1. The maximum Gasteiger partial charge on any atom is 0.273 e. The van der Waals surface area contributed by atoms with Crippen LogP contribution in [0, 0.1) is 6.92 Å². The van der Waals surface area contributed by atoms with Gasteiger partial charge in [-0.3, -0.25) is 4.79 Å². The number of hydrogen-bond donors (Lipinski definition) is 0. The van der Waals surface area contributed by atoms with E-state index in [1.54, 1.807) is 0 Å². The highest BCUT2D eigenvalue weighted by atomic mass is 32.1. The molecule has 0 fully saturated rings. The Morgan fingerprint density at radius 2 is 1.96 bits per heavy atom. The van der Waals surface area contributed by atoms with Crippen LogP contribution in [0.25, 0.3) is 0 Å². The normalized spacial score (nSPS) is 14.1. The second kappa shape index (κ2) is 7.37. The smallest absolute Gasteiger partial charge is 0.273 e. The van der Waals surface area contributed by atoms with Gasteiger partial charge in [0.05, 0.1) is 5.01 Å². The van der Waals surface area contributed by atoms with E-state index >= 15 is 0 Å². The molecule has 3 heterocycles. The summed E-state index contributed by atoms with van der Waals surface area (Å²) in [6.07, 6.45) is 2.53. The zero-order valence-electron chi connectivity index (χ0n) is 14.8. The molecule has 3 aromatic rings. The minimum atomic E-state index is 0.0129. The standard InChI is InChI=1S/C19H21N5OS/c1-14-20-16(13-26-14)19(25)23-10-9-18-22-21-17(24(18)12-11-23)8-7-15-5-3-2-4-6-15/h2-6,13H,7-12H2,1H3. The van der Waals surface area contributed by atoms with E-state index in [4.69, 9.17) is 0 Å². The molecule has 1 amide bonds. The monoisotopic (exact) mass is 367 g/mol. The minimum absolute atomic E-state index is 0.0129. The summed E-state index contributed by atoms with van der Waals surface area (Å²) in [4.78, 5) is 18.9. The van der Waals surface area contributed by atoms with Crippen molar-refractivity contribution < 1.29 is 4.79 Å². The molecule has 0 saturated heterocycles. The fourth-order valence-electron chi connectivity index (χ4n) is 3.30. The summed E-state index contributed by atoms with van der Waals surface area (Å²) in [6.45, 7) is 3.98. The first-order chi connectivity index (χ1) is 12.7. The number of aromatic nitrogens is 4. The molecule has 1 aliphatic rings. The Kier molecular flexibility index (Phi) is 4.79. The van der Waals surface area contributed by atoms with Crippen molar-refractivity contribution >= 4 is 17.2 Å². The van der Waals surface area contributed by atoms with Crippen LogP contribution < -0.4 is 0 Å². The summed E-state index contributed by atoms with van der Waals surface area (Å²) in [5.41, 5.74) is 1.85. The lowest BCUT2D eigenvalue weighted by molar-refractivity contribution is 0.0753. The Hall–Kier alpha value is -2.54. The van der Waals surface area contributed by atoms with Gasteiger partial charge in [-0.2, -0.15) is 0 Å². The van der Waals surface area contributed by atoms with Crippen molar-refractivity contribution in [3.63, 3.8) is 0 Å². The summed E-state index contributed by atoms with van der Waals surface area (Å²) in [7, 11) is 0. The average Bonchev–Trinajstić information content (AvgIpc) is 3.20. The molecule has 0 atom stereocenters. The SMILES string of the molecule is Cc1nc(C(=O)N2CCc3nnc(CCc4ccccc4)n3CC2)cs1. The number of rotatable bonds is 4. The van der Waals surface area contributed by atoms with E-state index in [2.05, 4.69) is 44.0 Å². The predicted octanol–water partition coefficient (Wildman–Crippen LogP) is 2.53. The van der Waals surface area contributed by atoms with Crippen LogP contribution in [0.15, 0.2) is 35.7 Å². The van der Waals surface area contributed by atoms with E-state index in [1.165, 1.54) is 16.9 Å². The molecule has 1 aromatic carbocycles. The fraction of sp³-hybridized carbons (Fsp3) is 0.368. The van der Waals surface area contributed by atoms with Gasteiger partial charge in [0, 0.05) is 37.9 Å². The Bertz CT molecular complexity index is 902. The van der Waals surface area contributed by atoms with Gasteiger partial charge < -0.3 is 9.47 Å². The van der Waals surface area contributed by atoms with E-state index in [9.17, 15) is 4.79 Å². The topological polar surface area (TPSA) is 63.9 Å².